The molecule has 2 N–H and O–H groups in total. The molecule has 1 saturated carbocycles. The summed E-state index contributed by atoms with van der Waals surface area (Å²) in [6.45, 7) is 4.71. The number of rotatable bonds is 1. The third-order valence-electron chi connectivity index (χ3n) is 11.4. The molecule has 2 aromatic heterocycles. The molecular formula is C36H46N4O. The Morgan fingerprint density at radius 2 is 1.68 bits per heavy atom. The van der Waals surface area contributed by atoms with E-state index in [1.807, 2.05) is 0 Å². The maximum atomic E-state index is 7.19. The molecule has 216 valence electrons. The standard InChI is InChI=1S/C36H46N4O/c1-3-7-13-21-38-34-35(19-11-5-1)25-40-23-14-8-4-2-6-12-20-36(34)33(41-36)30(28(35)18-24-40)32-31-27(17-22-37-32)26-15-9-10-16-29(26)39-31/h1-2,5-6,9-10,15-17,22,28,30,33-34,38-39H,3-4,7-8,11-14,18-21,23-25H2/b5-1-,6-2-. The Balaban J connectivity index is 1.30. The first-order valence-corrected chi connectivity index (χ1v) is 16.6. The predicted molar refractivity (Wildman–Crippen MR) is 167 cm³/mol. The molecule has 5 aliphatic rings. The molecule has 5 heteroatoms. The molecule has 2 spiro atoms. The van der Waals surface area contributed by atoms with Crippen molar-refractivity contribution in [1.82, 2.24) is 20.2 Å². The number of para-hydroxylation sites is 1. The van der Waals surface area contributed by atoms with Gasteiger partial charge in [-0.1, -0.05) is 42.5 Å². The first-order valence-electron chi connectivity index (χ1n) is 16.6. The van der Waals surface area contributed by atoms with Crippen molar-refractivity contribution >= 4 is 21.8 Å². The average molecular weight is 551 g/mol. The number of nitrogens with one attached hydrogen (secondary N) is 2. The van der Waals surface area contributed by atoms with Gasteiger partial charge in [-0.25, -0.2) is 0 Å². The Morgan fingerprint density at radius 1 is 0.854 bits per heavy atom. The number of hydrogen-bond donors (Lipinski definition) is 2. The van der Waals surface area contributed by atoms with E-state index in [-0.39, 0.29) is 17.1 Å². The van der Waals surface area contributed by atoms with Gasteiger partial charge in [0.15, 0.2) is 0 Å². The molecule has 6 heterocycles. The van der Waals surface area contributed by atoms with Crippen LogP contribution in [0.25, 0.3) is 21.8 Å². The van der Waals surface area contributed by atoms with Gasteiger partial charge in [-0.2, -0.15) is 0 Å². The lowest BCUT2D eigenvalue weighted by Gasteiger charge is -2.59. The third kappa shape index (κ3) is 4.34. The molecule has 7 unspecified atom stereocenters. The Morgan fingerprint density at radius 3 is 2.61 bits per heavy atom. The van der Waals surface area contributed by atoms with Gasteiger partial charge in [-0.05, 0) is 108 Å². The molecule has 5 nitrogen and oxygen atoms in total. The summed E-state index contributed by atoms with van der Waals surface area (Å²) in [6, 6.07) is 11.4. The fourth-order valence-electron chi connectivity index (χ4n) is 9.64. The molecule has 41 heavy (non-hydrogen) atoms. The first kappa shape index (κ1) is 26.2. The zero-order valence-corrected chi connectivity index (χ0v) is 24.5. The van der Waals surface area contributed by atoms with E-state index in [4.69, 9.17) is 9.72 Å². The van der Waals surface area contributed by atoms with E-state index in [9.17, 15) is 0 Å². The third-order valence-corrected chi connectivity index (χ3v) is 11.4. The molecule has 4 aliphatic heterocycles. The maximum Gasteiger partial charge on any atom is 0.112 e. The monoisotopic (exact) mass is 550 g/mol. The van der Waals surface area contributed by atoms with Crippen molar-refractivity contribution in [2.75, 3.05) is 26.2 Å². The predicted octanol–water partition coefficient (Wildman–Crippen LogP) is 7.26. The van der Waals surface area contributed by atoms with Crippen LogP contribution in [0, 0.1) is 11.3 Å². The summed E-state index contributed by atoms with van der Waals surface area (Å²) in [7, 11) is 0. The lowest BCUT2D eigenvalue weighted by molar-refractivity contribution is -0.0577. The maximum absolute atomic E-state index is 7.19. The lowest BCUT2D eigenvalue weighted by Crippen LogP contribution is -2.68. The summed E-state index contributed by atoms with van der Waals surface area (Å²) in [5, 5.41) is 6.86. The number of aromatic nitrogens is 2. The second-order valence-electron chi connectivity index (χ2n) is 13.6. The summed E-state index contributed by atoms with van der Waals surface area (Å²) in [4.78, 5) is 11.9. The number of pyridine rings is 1. The van der Waals surface area contributed by atoms with Gasteiger partial charge in [0.1, 0.15) is 5.60 Å². The van der Waals surface area contributed by atoms with Crippen molar-refractivity contribution in [2.45, 2.75) is 94.3 Å². The van der Waals surface area contributed by atoms with Gasteiger partial charge in [-0.3, -0.25) is 4.98 Å². The molecule has 7 atom stereocenters. The number of benzene rings is 1. The number of H-pyrrole nitrogens is 1. The van der Waals surface area contributed by atoms with E-state index < -0.39 is 0 Å². The highest BCUT2D eigenvalue weighted by atomic mass is 16.6. The van der Waals surface area contributed by atoms with Crippen LogP contribution in [-0.2, 0) is 4.74 Å². The van der Waals surface area contributed by atoms with Crippen LogP contribution >= 0.6 is 0 Å². The number of piperidine rings is 1. The number of ether oxygens (including phenoxy) is 1. The fraction of sp³-hybridized carbons (Fsp3) is 0.583. The van der Waals surface area contributed by atoms with Crippen LogP contribution in [-0.4, -0.2) is 58.8 Å². The van der Waals surface area contributed by atoms with Crippen molar-refractivity contribution in [3.8, 4) is 0 Å². The Hall–Kier alpha value is -2.47. The zero-order chi connectivity index (χ0) is 27.3. The van der Waals surface area contributed by atoms with Crippen LogP contribution in [0.3, 0.4) is 0 Å². The molecule has 0 amide bonds. The number of epoxide rings is 1. The van der Waals surface area contributed by atoms with Gasteiger partial charge in [-0.15, -0.1) is 0 Å². The highest BCUT2D eigenvalue weighted by molar-refractivity contribution is 6.07. The molecular weight excluding hydrogens is 504 g/mol. The molecule has 0 radical (unpaired) electrons. The molecule has 1 aromatic carbocycles. The molecule has 8 rings (SSSR count). The minimum absolute atomic E-state index is 0.115. The SMILES string of the molecule is C1=C\CCC23CN4CCCC/C=C\CCC5(OC5C(c5nccc6c5[nH]c5ccccc56)C2CC4)C3NCCCC/1. The minimum atomic E-state index is -0.115. The largest absolute Gasteiger partial charge is 0.364 e. The van der Waals surface area contributed by atoms with Crippen LogP contribution in [0.1, 0.15) is 82.2 Å². The van der Waals surface area contributed by atoms with Crippen molar-refractivity contribution in [1.29, 1.82) is 0 Å². The Kier molecular flexibility index (Phi) is 6.81. The summed E-state index contributed by atoms with van der Waals surface area (Å²) in [5.74, 6) is 0.867. The quantitative estimate of drug-likeness (QED) is 0.247. The van der Waals surface area contributed by atoms with Crippen molar-refractivity contribution in [3.63, 3.8) is 0 Å². The highest BCUT2D eigenvalue weighted by Crippen LogP contribution is 2.67. The van der Waals surface area contributed by atoms with Gasteiger partial charge in [0, 0.05) is 46.4 Å². The van der Waals surface area contributed by atoms with Crippen LogP contribution < -0.4 is 5.32 Å². The average Bonchev–Trinajstić information content (AvgIpc) is 3.59. The van der Waals surface area contributed by atoms with Gasteiger partial charge < -0.3 is 19.9 Å². The topological polar surface area (TPSA) is 56.5 Å². The van der Waals surface area contributed by atoms with Gasteiger partial charge in [0.2, 0.25) is 0 Å². The van der Waals surface area contributed by atoms with Crippen LogP contribution in [0.4, 0.5) is 0 Å². The molecule has 2 saturated heterocycles. The number of aromatic amines is 1. The van der Waals surface area contributed by atoms with E-state index in [1.165, 1.54) is 105 Å². The Bertz CT molecular complexity index is 1460. The zero-order valence-electron chi connectivity index (χ0n) is 24.5. The second-order valence-corrected chi connectivity index (χ2v) is 13.6. The minimum Gasteiger partial charge on any atom is -0.364 e. The van der Waals surface area contributed by atoms with E-state index in [1.54, 1.807) is 0 Å². The van der Waals surface area contributed by atoms with Crippen LogP contribution in [0.5, 0.6) is 0 Å². The van der Waals surface area contributed by atoms with E-state index in [2.05, 4.69) is 76.0 Å². The van der Waals surface area contributed by atoms with Gasteiger partial charge in [0.25, 0.3) is 0 Å². The number of nitrogens with zero attached hydrogens (tertiary/aromatic N) is 2. The second kappa shape index (κ2) is 10.7. The molecule has 3 bridgehead atoms. The molecule has 3 fully saturated rings. The fourth-order valence-corrected chi connectivity index (χ4v) is 9.64. The number of allylic oxidation sites excluding steroid dienone is 4. The summed E-state index contributed by atoms with van der Waals surface area (Å²) in [6.07, 6.45) is 25.5. The van der Waals surface area contributed by atoms with E-state index in [0.29, 0.717) is 17.9 Å². The number of hydrogen-bond acceptors (Lipinski definition) is 4. The molecule has 3 aromatic rings. The van der Waals surface area contributed by atoms with Gasteiger partial charge >= 0.3 is 0 Å². The summed E-state index contributed by atoms with van der Waals surface area (Å²) in [5.41, 5.74) is 3.75. The first-order chi connectivity index (χ1) is 20.3. The highest BCUT2D eigenvalue weighted by Gasteiger charge is 2.75. The van der Waals surface area contributed by atoms with E-state index >= 15 is 0 Å². The van der Waals surface area contributed by atoms with Gasteiger partial charge in [0.05, 0.1) is 17.3 Å². The molecule has 1 aliphatic carbocycles. The van der Waals surface area contributed by atoms with Crippen molar-refractivity contribution in [3.05, 3.63) is 66.5 Å². The van der Waals surface area contributed by atoms with Crippen molar-refractivity contribution < 1.29 is 4.74 Å². The number of fused-ring (bicyclic) bond motifs is 4. The summed E-state index contributed by atoms with van der Waals surface area (Å²) < 4.78 is 7.19. The normalized spacial score (nSPS) is 39.4. The van der Waals surface area contributed by atoms with Crippen LogP contribution in [0.2, 0.25) is 0 Å². The lowest BCUT2D eigenvalue weighted by atomic mass is 9.50. The van der Waals surface area contributed by atoms with E-state index in [0.717, 1.165) is 19.4 Å². The summed E-state index contributed by atoms with van der Waals surface area (Å²) >= 11 is 0. The van der Waals surface area contributed by atoms with Crippen molar-refractivity contribution in [2.24, 2.45) is 11.3 Å². The van der Waals surface area contributed by atoms with Crippen LogP contribution in [0.15, 0.2) is 60.8 Å². The Labute approximate surface area is 244 Å². The smallest absolute Gasteiger partial charge is 0.112 e.